The average molecular weight is 464 g/mol. The summed E-state index contributed by atoms with van der Waals surface area (Å²) in [5, 5.41) is 9.04. The second-order valence-electron chi connectivity index (χ2n) is 6.97. The van der Waals surface area contributed by atoms with E-state index in [0.29, 0.717) is 0 Å². The Hall–Kier alpha value is -0.340. The summed E-state index contributed by atoms with van der Waals surface area (Å²) >= 11 is 1.82. The molecule has 1 aliphatic rings. The van der Waals surface area contributed by atoms with Gasteiger partial charge in [-0.05, 0) is 56.8 Å². The lowest BCUT2D eigenvalue weighted by molar-refractivity contribution is 0.330. The number of hydrogen-bond donors (Lipinski definition) is 2. The van der Waals surface area contributed by atoms with E-state index >= 15 is 0 Å². The van der Waals surface area contributed by atoms with Gasteiger partial charge in [0, 0.05) is 30.4 Å². The number of hydrogen-bond acceptors (Lipinski definition) is 3. The number of nitrogens with one attached hydrogen (secondary N) is 2. The number of thiophene rings is 1. The van der Waals surface area contributed by atoms with Crippen molar-refractivity contribution in [1.82, 2.24) is 15.5 Å². The van der Waals surface area contributed by atoms with Gasteiger partial charge in [0.1, 0.15) is 0 Å². The maximum absolute atomic E-state index is 4.33. The predicted molar refractivity (Wildman–Crippen MR) is 117 cm³/mol. The molecular weight excluding hydrogens is 431 g/mol. The summed E-state index contributed by atoms with van der Waals surface area (Å²) in [4.78, 5) is 8.32. The Morgan fingerprint density at radius 2 is 2.00 bits per heavy atom. The summed E-state index contributed by atoms with van der Waals surface area (Å²) in [6.07, 6.45) is 5.24. The Bertz CT molecular complexity index is 467. The molecule has 0 unspecified atom stereocenters. The quantitative estimate of drug-likeness (QED) is 0.267. The Labute approximate surface area is 168 Å². The molecule has 0 aromatic carbocycles. The van der Waals surface area contributed by atoms with Gasteiger partial charge in [0.15, 0.2) is 5.96 Å². The molecule has 1 saturated heterocycles. The maximum Gasteiger partial charge on any atom is 0.191 e. The van der Waals surface area contributed by atoms with Crippen LogP contribution in [0.5, 0.6) is 0 Å². The molecule has 0 bridgehead atoms. The van der Waals surface area contributed by atoms with Crippen LogP contribution < -0.4 is 10.6 Å². The summed E-state index contributed by atoms with van der Waals surface area (Å²) in [6, 6.07) is 4.33. The molecule has 0 radical (unpaired) electrons. The highest BCUT2D eigenvalue weighted by atomic mass is 127. The van der Waals surface area contributed by atoms with Gasteiger partial charge < -0.3 is 15.5 Å². The normalized spacial score (nSPS) is 16.0. The van der Waals surface area contributed by atoms with Crippen molar-refractivity contribution >= 4 is 41.3 Å². The Morgan fingerprint density at radius 3 is 2.62 bits per heavy atom. The first-order valence-corrected chi connectivity index (χ1v) is 9.70. The smallest absolute Gasteiger partial charge is 0.191 e. The molecule has 1 fully saturated rings. The molecule has 0 aliphatic carbocycles. The number of rotatable bonds is 8. The second kappa shape index (κ2) is 11.3. The van der Waals surface area contributed by atoms with E-state index < -0.39 is 0 Å². The van der Waals surface area contributed by atoms with Gasteiger partial charge in [0.2, 0.25) is 0 Å². The second-order valence-corrected chi connectivity index (χ2v) is 7.92. The number of nitrogens with zero attached hydrogens (tertiary/aromatic N) is 2. The van der Waals surface area contributed by atoms with E-state index in [1.807, 2.05) is 18.4 Å². The molecular formula is C18H33IN4S. The van der Waals surface area contributed by atoms with Crippen molar-refractivity contribution in [3.8, 4) is 0 Å². The summed E-state index contributed by atoms with van der Waals surface area (Å²) in [6.45, 7) is 10.3. The molecule has 2 rings (SSSR count). The maximum atomic E-state index is 4.33. The lowest BCUT2D eigenvalue weighted by Gasteiger charge is -2.25. The van der Waals surface area contributed by atoms with E-state index in [1.165, 1.54) is 50.2 Å². The van der Waals surface area contributed by atoms with Crippen LogP contribution in [-0.4, -0.2) is 50.6 Å². The average Bonchev–Trinajstić information content (AvgIpc) is 3.23. The van der Waals surface area contributed by atoms with Crippen molar-refractivity contribution in [2.45, 2.75) is 44.9 Å². The molecule has 138 valence electrons. The molecule has 0 spiro atoms. The number of halogens is 1. The minimum absolute atomic E-state index is 0. The summed E-state index contributed by atoms with van der Waals surface area (Å²) in [5.41, 5.74) is 0.127. The zero-order valence-corrected chi connectivity index (χ0v) is 18.5. The molecule has 2 N–H and O–H groups in total. The lowest BCUT2D eigenvalue weighted by Crippen LogP contribution is -2.43. The van der Waals surface area contributed by atoms with Crippen molar-refractivity contribution in [2.75, 3.05) is 39.8 Å². The highest BCUT2D eigenvalue weighted by molar-refractivity contribution is 14.0. The van der Waals surface area contributed by atoms with E-state index in [2.05, 4.69) is 51.9 Å². The third-order valence-corrected chi connectivity index (χ3v) is 5.74. The summed E-state index contributed by atoms with van der Waals surface area (Å²) in [7, 11) is 1.84. The molecule has 4 nitrogen and oxygen atoms in total. The minimum Gasteiger partial charge on any atom is -0.356 e. The zero-order valence-electron chi connectivity index (χ0n) is 15.3. The van der Waals surface area contributed by atoms with Gasteiger partial charge in [-0.1, -0.05) is 19.9 Å². The molecule has 2 heterocycles. The highest BCUT2D eigenvalue weighted by Crippen LogP contribution is 2.26. The third-order valence-electron chi connectivity index (χ3n) is 4.50. The van der Waals surface area contributed by atoms with Crippen molar-refractivity contribution < 1.29 is 0 Å². The van der Waals surface area contributed by atoms with Crippen LogP contribution in [0.25, 0.3) is 0 Å². The topological polar surface area (TPSA) is 39.7 Å². The van der Waals surface area contributed by atoms with Gasteiger partial charge in [0.25, 0.3) is 0 Å². The fraction of sp³-hybridized carbons (Fsp3) is 0.722. The predicted octanol–water partition coefficient (Wildman–Crippen LogP) is 3.68. The van der Waals surface area contributed by atoms with Crippen LogP contribution in [0.1, 0.15) is 44.4 Å². The Morgan fingerprint density at radius 1 is 1.25 bits per heavy atom. The van der Waals surface area contributed by atoms with E-state index in [4.69, 9.17) is 0 Å². The molecule has 24 heavy (non-hydrogen) atoms. The molecule has 0 amide bonds. The number of aliphatic imine (C=N–C) groups is 1. The van der Waals surface area contributed by atoms with Crippen molar-refractivity contribution in [3.63, 3.8) is 0 Å². The summed E-state index contributed by atoms with van der Waals surface area (Å²) < 4.78 is 0. The van der Waals surface area contributed by atoms with Gasteiger partial charge >= 0.3 is 0 Å². The molecule has 0 atom stereocenters. The lowest BCUT2D eigenvalue weighted by atomic mass is 9.91. The first-order chi connectivity index (χ1) is 11.1. The van der Waals surface area contributed by atoms with Gasteiger partial charge in [0.05, 0.1) is 0 Å². The van der Waals surface area contributed by atoms with Crippen LogP contribution in [0, 0.1) is 0 Å². The van der Waals surface area contributed by atoms with Crippen molar-refractivity contribution in [2.24, 2.45) is 4.99 Å². The fourth-order valence-corrected chi connectivity index (χ4v) is 3.80. The van der Waals surface area contributed by atoms with Gasteiger partial charge in [-0.2, -0.15) is 0 Å². The molecule has 6 heteroatoms. The third kappa shape index (κ3) is 7.27. The van der Waals surface area contributed by atoms with E-state index in [1.54, 1.807) is 0 Å². The van der Waals surface area contributed by atoms with Crippen LogP contribution in [0.2, 0.25) is 0 Å². The number of guanidine groups is 1. The SMILES string of the molecule is CN=C(NCCCCN1CCCC1)NCC(C)(C)c1cccs1.I. The van der Waals surface area contributed by atoms with Gasteiger partial charge in [-0.15, -0.1) is 35.3 Å². The van der Waals surface area contributed by atoms with E-state index in [-0.39, 0.29) is 29.4 Å². The van der Waals surface area contributed by atoms with Crippen LogP contribution in [-0.2, 0) is 5.41 Å². The summed E-state index contributed by atoms with van der Waals surface area (Å²) in [5.74, 6) is 0.913. The monoisotopic (exact) mass is 464 g/mol. The van der Waals surface area contributed by atoms with Crippen molar-refractivity contribution in [3.05, 3.63) is 22.4 Å². The standard InChI is InChI=1S/C18H32N4S.HI/c1-18(2,16-9-8-14-23-16)15-21-17(19-3)20-10-4-5-11-22-12-6-7-13-22;/h8-9,14H,4-7,10-13,15H2,1-3H3,(H2,19,20,21);1H. The largest absolute Gasteiger partial charge is 0.356 e. The van der Waals surface area contributed by atoms with Crippen molar-refractivity contribution in [1.29, 1.82) is 0 Å². The first kappa shape index (κ1) is 21.7. The van der Waals surface area contributed by atoms with E-state index in [0.717, 1.165) is 19.0 Å². The number of likely N-dealkylation sites (tertiary alicyclic amines) is 1. The van der Waals surface area contributed by atoms with Gasteiger partial charge in [-0.3, -0.25) is 4.99 Å². The minimum atomic E-state index is 0. The van der Waals surface area contributed by atoms with Crippen LogP contribution >= 0.6 is 35.3 Å². The zero-order chi connectivity index (χ0) is 16.5. The molecule has 0 saturated carbocycles. The van der Waals surface area contributed by atoms with Crippen LogP contribution in [0.15, 0.2) is 22.5 Å². The van der Waals surface area contributed by atoms with Gasteiger partial charge in [-0.25, -0.2) is 0 Å². The Balaban J connectivity index is 0.00000288. The number of unbranched alkanes of at least 4 members (excludes halogenated alkanes) is 1. The molecule has 1 aliphatic heterocycles. The van der Waals surface area contributed by atoms with Crippen LogP contribution in [0.3, 0.4) is 0 Å². The fourth-order valence-electron chi connectivity index (χ4n) is 2.95. The van der Waals surface area contributed by atoms with Crippen LogP contribution in [0.4, 0.5) is 0 Å². The highest BCUT2D eigenvalue weighted by Gasteiger charge is 2.21. The Kier molecular flexibility index (Phi) is 10.2. The molecule has 1 aromatic heterocycles. The molecule has 1 aromatic rings. The first-order valence-electron chi connectivity index (χ1n) is 8.83. The van der Waals surface area contributed by atoms with E-state index in [9.17, 15) is 0 Å².